The molecule has 0 fully saturated rings. The Labute approximate surface area is 104 Å². The summed E-state index contributed by atoms with van der Waals surface area (Å²) in [7, 11) is 2.25. The number of hydrogen-bond donors (Lipinski definition) is 0. The fourth-order valence-corrected chi connectivity index (χ4v) is 1.41. The molecule has 1 rings (SSSR count). The van der Waals surface area contributed by atoms with Crippen molar-refractivity contribution in [3.63, 3.8) is 0 Å². The van der Waals surface area contributed by atoms with E-state index in [0.717, 1.165) is 24.2 Å². The van der Waals surface area contributed by atoms with E-state index >= 15 is 0 Å². The lowest BCUT2D eigenvalue weighted by molar-refractivity contribution is 0.0137. The van der Waals surface area contributed by atoms with Crippen molar-refractivity contribution in [3.8, 4) is 5.75 Å². The molecule has 2 atom stereocenters. The molecule has 4 heteroatoms. The summed E-state index contributed by atoms with van der Waals surface area (Å²) in [6.45, 7) is 4.14. The molecule has 0 amide bonds. The van der Waals surface area contributed by atoms with Gasteiger partial charge in [-0.2, -0.15) is 0 Å². The molecule has 2 nitrogen and oxygen atoms in total. The second-order valence-corrected chi connectivity index (χ2v) is 3.51. The van der Waals surface area contributed by atoms with E-state index in [0.29, 0.717) is 0 Å². The number of halogens is 1. The van der Waals surface area contributed by atoms with Crippen LogP contribution in [0, 0.1) is 6.92 Å². The molecule has 0 radical (unpaired) electrons. The highest BCUT2D eigenvalue weighted by Gasteiger charge is 2.08. The van der Waals surface area contributed by atoms with E-state index in [1.54, 1.807) is 0 Å². The van der Waals surface area contributed by atoms with Crippen LogP contribution in [-0.2, 0) is 4.52 Å². The van der Waals surface area contributed by atoms with Crippen molar-refractivity contribution < 1.29 is 9.26 Å². The highest BCUT2D eigenvalue weighted by Crippen LogP contribution is 2.20. The first kappa shape index (κ1) is 14.9. The number of benzene rings is 1. The molecular formula is C11H18BrO2P. The summed E-state index contributed by atoms with van der Waals surface area (Å²) >= 11 is 0. The van der Waals surface area contributed by atoms with Crippen molar-refractivity contribution >= 4 is 26.4 Å². The first-order chi connectivity index (χ1) is 6.77. The maximum Gasteiger partial charge on any atom is 0.202 e. The van der Waals surface area contributed by atoms with Crippen LogP contribution in [0.3, 0.4) is 0 Å². The van der Waals surface area contributed by atoms with Crippen LogP contribution in [0.2, 0.25) is 0 Å². The lowest BCUT2D eigenvalue weighted by Gasteiger charge is -2.17. The molecule has 0 heterocycles. The standard InChI is InChI=1S/C11H17O2P.BrH/c1-3-6-11(13-14)12-10-8-5-4-7-9(10)2;/h4-5,7-8,11H,3,6,14H2,1-2H3;1H. The molecule has 0 bridgehead atoms. The van der Waals surface area contributed by atoms with Crippen molar-refractivity contribution in [1.29, 1.82) is 0 Å². The van der Waals surface area contributed by atoms with Gasteiger partial charge in [-0.3, -0.25) is 0 Å². The third kappa shape index (κ3) is 4.96. The Balaban J connectivity index is 0.00000196. The Morgan fingerprint density at radius 3 is 2.53 bits per heavy atom. The molecular weight excluding hydrogens is 275 g/mol. The van der Waals surface area contributed by atoms with E-state index < -0.39 is 0 Å². The number of para-hydroxylation sites is 1. The smallest absolute Gasteiger partial charge is 0.202 e. The number of ether oxygens (including phenoxy) is 1. The van der Waals surface area contributed by atoms with Gasteiger partial charge in [-0.1, -0.05) is 31.5 Å². The van der Waals surface area contributed by atoms with Crippen molar-refractivity contribution in [2.45, 2.75) is 33.0 Å². The van der Waals surface area contributed by atoms with Crippen LogP contribution in [-0.4, -0.2) is 6.29 Å². The van der Waals surface area contributed by atoms with E-state index in [1.165, 1.54) is 0 Å². The topological polar surface area (TPSA) is 18.5 Å². The Morgan fingerprint density at radius 2 is 2.00 bits per heavy atom. The molecule has 0 spiro atoms. The van der Waals surface area contributed by atoms with Crippen molar-refractivity contribution in [2.75, 3.05) is 0 Å². The summed E-state index contributed by atoms with van der Waals surface area (Å²) in [5, 5.41) is 0. The van der Waals surface area contributed by atoms with Crippen LogP contribution >= 0.6 is 26.4 Å². The van der Waals surface area contributed by atoms with Gasteiger partial charge in [0.25, 0.3) is 0 Å². The molecule has 1 aromatic carbocycles. The maximum absolute atomic E-state index is 5.69. The number of hydrogen-bond acceptors (Lipinski definition) is 2. The molecule has 0 aliphatic carbocycles. The van der Waals surface area contributed by atoms with Crippen molar-refractivity contribution in [2.24, 2.45) is 0 Å². The summed E-state index contributed by atoms with van der Waals surface area (Å²) in [4.78, 5) is 0. The van der Waals surface area contributed by atoms with E-state index in [2.05, 4.69) is 16.4 Å². The van der Waals surface area contributed by atoms with Crippen LogP contribution in [0.1, 0.15) is 25.3 Å². The molecule has 1 aromatic rings. The monoisotopic (exact) mass is 292 g/mol. The van der Waals surface area contributed by atoms with Gasteiger partial charge < -0.3 is 9.26 Å². The maximum atomic E-state index is 5.69. The van der Waals surface area contributed by atoms with Crippen molar-refractivity contribution in [1.82, 2.24) is 0 Å². The molecule has 2 unspecified atom stereocenters. The summed E-state index contributed by atoms with van der Waals surface area (Å²) in [5.41, 5.74) is 1.13. The van der Waals surface area contributed by atoms with E-state index in [9.17, 15) is 0 Å². The average Bonchev–Trinajstić information content (AvgIpc) is 2.20. The van der Waals surface area contributed by atoms with Gasteiger partial charge >= 0.3 is 0 Å². The molecule has 15 heavy (non-hydrogen) atoms. The van der Waals surface area contributed by atoms with Gasteiger partial charge in [-0.05, 0) is 18.6 Å². The molecule has 0 aliphatic rings. The first-order valence-corrected chi connectivity index (χ1v) is 5.33. The molecule has 0 saturated carbocycles. The van der Waals surface area contributed by atoms with Crippen LogP contribution < -0.4 is 4.74 Å². The minimum atomic E-state index is -0.161. The summed E-state index contributed by atoms with van der Waals surface area (Å²) in [6.07, 6.45) is 1.79. The Bertz CT molecular complexity index is 281. The van der Waals surface area contributed by atoms with Gasteiger partial charge in [-0.25, -0.2) is 0 Å². The lowest BCUT2D eigenvalue weighted by atomic mass is 10.2. The summed E-state index contributed by atoms with van der Waals surface area (Å²) < 4.78 is 10.8. The van der Waals surface area contributed by atoms with Gasteiger partial charge in [0.2, 0.25) is 6.29 Å². The zero-order valence-electron chi connectivity index (χ0n) is 9.10. The molecule has 0 aromatic heterocycles. The zero-order chi connectivity index (χ0) is 10.4. The van der Waals surface area contributed by atoms with E-state index in [4.69, 9.17) is 9.26 Å². The summed E-state index contributed by atoms with van der Waals surface area (Å²) in [5.74, 6) is 0.897. The second-order valence-electron chi connectivity index (χ2n) is 3.24. The van der Waals surface area contributed by atoms with Crippen LogP contribution in [0.15, 0.2) is 24.3 Å². The number of rotatable bonds is 5. The van der Waals surface area contributed by atoms with Gasteiger partial charge in [0.1, 0.15) is 5.75 Å². The largest absolute Gasteiger partial charge is 0.464 e. The molecule has 0 N–H and O–H groups in total. The molecule has 0 saturated heterocycles. The Morgan fingerprint density at radius 1 is 1.33 bits per heavy atom. The predicted molar refractivity (Wildman–Crippen MR) is 71.6 cm³/mol. The quantitative estimate of drug-likeness (QED) is 0.606. The molecule has 0 aliphatic heterocycles. The van der Waals surface area contributed by atoms with Gasteiger partial charge in [0.15, 0.2) is 0 Å². The van der Waals surface area contributed by atoms with Crippen molar-refractivity contribution in [3.05, 3.63) is 29.8 Å². The van der Waals surface area contributed by atoms with Gasteiger partial charge in [0, 0.05) is 15.9 Å². The fraction of sp³-hybridized carbons (Fsp3) is 0.455. The third-order valence-corrected chi connectivity index (χ3v) is 2.33. The SMILES string of the molecule is Br.CCCC(OP)Oc1ccccc1C. The fourth-order valence-electron chi connectivity index (χ4n) is 1.22. The van der Waals surface area contributed by atoms with Crippen LogP contribution in [0.4, 0.5) is 0 Å². The predicted octanol–water partition coefficient (Wildman–Crippen LogP) is 3.88. The van der Waals surface area contributed by atoms with E-state index in [1.807, 2.05) is 31.2 Å². The summed E-state index contributed by atoms with van der Waals surface area (Å²) in [6, 6.07) is 7.95. The minimum absolute atomic E-state index is 0. The molecule has 86 valence electrons. The van der Waals surface area contributed by atoms with E-state index in [-0.39, 0.29) is 23.3 Å². The Kier molecular flexibility index (Phi) is 8.03. The number of aryl methyl sites for hydroxylation is 1. The minimum Gasteiger partial charge on any atom is -0.464 e. The van der Waals surface area contributed by atoms with Gasteiger partial charge in [-0.15, -0.1) is 17.0 Å². The third-order valence-electron chi connectivity index (χ3n) is 2.03. The highest BCUT2D eigenvalue weighted by atomic mass is 79.9. The highest BCUT2D eigenvalue weighted by molar-refractivity contribution is 8.93. The second kappa shape index (κ2) is 8.09. The lowest BCUT2D eigenvalue weighted by Crippen LogP contribution is -2.16. The van der Waals surface area contributed by atoms with Gasteiger partial charge in [0.05, 0.1) is 0 Å². The Hall–Kier alpha value is -0.110. The average molecular weight is 293 g/mol. The first-order valence-electron chi connectivity index (χ1n) is 4.85. The zero-order valence-corrected chi connectivity index (χ0v) is 12.0. The van der Waals surface area contributed by atoms with Crippen LogP contribution in [0.5, 0.6) is 5.75 Å². The van der Waals surface area contributed by atoms with Crippen LogP contribution in [0.25, 0.3) is 0 Å². The normalized spacial score (nSPS) is 11.7.